The molecule has 14 heavy (non-hydrogen) atoms. The molecule has 0 saturated carbocycles. The van der Waals surface area contributed by atoms with E-state index in [-0.39, 0.29) is 10.7 Å². The first-order chi connectivity index (χ1) is 6.68. The van der Waals surface area contributed by atoms with Crippen LogP contribution in [0.1, 0.15) is 0 Å². The van der Waals surface area contributed by atoms with E-state index in [1.807, 2.05) is 18.2 Å². The first-order valence-electron chi connectivity index (χ1n) is 4.10. The molecule has 0 aliphatic heterocycles. The highest BCUT2D eigenvalue weighted by molar-refractivity contribution is 6.61. The third-order valence-electron chi connectivity index (χ3n) is 1.98. The molecule has 0 radical (unpaired) electrons. The number of rotatable bonds is 1. The molecule has 0 bridgehead atoms. The number of halogens is 1. The van der Waals surface area contributed by atoms with Gasteiger partial charge in [0, 0.05) is 0 Å². The second-order valence-electron chi connectivity index (χ2n) is 2.93. The molecule has 1 aromatic heterocycles. The molecule has 2 aromatic rings. The molecule has 1 aromatic carbocycles. The molecule has 2 rings (SSSR count). The Balaban J connectivity index is 2.80. The number of benzene rings is 1. The fraction of sp³-hybridized carbons (Fsp3) is 0. The summed E-state index contributed by atoms with van der Waals surface area (Å²) in [6.07, 6.45) is 0. The minimum Gasteiger partial charge on any atom is -0.422 e. The molecule has 0 saturated heterocycles. The Hall–Kier alpha value is -1.10. The molecule has 1 heterocycles. The van der Waals surface area contributed by atoms with Crippen molar-refractivity contribution in [3.63, 3.8) is 0 Å². The number of hydrogen-bond acceptors (Lipinski definition) is 3. The van der Waals surface area contributed by atoms with Crippen LogP contribution in [0.2, 0.25) is 5.15 Å². The van der Waals surface area contributed by atoms with E-state index in [2.05, 4.69) is 4.98 Å². The smallest absolute Gasteiger partial charge is 0.422 e. The maximum Gasteiger partial charge on any atom is 0.508 e. The normalized spacial score (nSPS) is 10.5. The lowest BCUT2D eigenvalue weighted by Crippen LogP contribution is -2.33. The van der Waals surface area contributed by atoms with Crippen LogP contribution in [0.4, 0.5) is 0 Å². The summed E-state index contributed by atoms with van der Waals surface area (Å²) < 4.78 is 0. The van der Waals surface area contributed by atoms with Crippen molar-refractivity contribution in [3.8, 4) is 0 Å². The van der Waals surface area contributed by atoms with Crippen molar-refractivity contribution in [1.82, 2.24) is 4.98 Å². The van der Waals surface area contributed by atoms with Gasteiger partial charge in [-0.25, -0.2) is 4.98 Å². The summed E-state index contributed by atoms with van der Waals surface area (Å²) in [6.45, 7) is 0. The summed E-state index contributed by atoms with van der Waals surface area (Å²) in [4.78, 5) is 3.87. The van der Waals surface area contributed by atoms with Crippen LogP contribution in [0.3, 0.4) is 0 Å². The highest BCUT2D eigenvalue weighted by Gasteiger charge is 2.17. The largest absolute Gasteiger partial charge is 0.508 e. The molecule has 3 nitrogen and oxygen atoms in total. The molecule has 0 fully saturated rings. The van der Waals surface area contributed by atoms with Gasteiger partial charge in [-0.15, -0.1) is 0 Å². The van der Waals surface area contributed by atoms with Gasteiger partial charge >= 0.3 is 7.12 Å². The molecule has 0 aliphatic carbocycles. The third-order valence-corrected chi connectivity index (χ3v) is 2.18. The fourth-order valence-corrected chi connectivity index (χ4v) is 1.60. The van der Waals surface area contributed by atoms with E-state index in [1.54, 1.807) is 12.1 Å². The summed E-state index contributed by atoms with van der Waals surface area (Å²) in [7, 11) is -1.60. The number of hydrogen-bond donors (Lipinski definition) is 2. The second kappa shape index (κ2) is 3.57. The zero-order chi connectivity index (χ0) is 10.1. The SMILES string of the molecule is OB(O)c1nc(Cl)cc2ccccc12. The summed E-state index contributed by atoms with van der Waals surface area (Å²) in [5.41, 5.74) is 0.188. The van der Waals surface area contributed by atoms with Gasteiger partial charge in [0.15, 0.2) is 0 Å². The van der Waals surface area contributed by atoms with E-state index >= 15 is 0 Å². The zero-order valence-electron chi connectivity index (χ0n) is 7.18. The molecule has 0 atom stereocenters. The minimum atomic E-state index is -1.60. The monoisotopic (exact) mass is 207 g/mol. The maximum atomic E-state index is 9.08. The average Bonchev–Trinajstić information content (AvgIpc) is 2.16. The Morgan fingerprint density at radius 1 is 1.21 bits per heavy atom. The molecule has 0 amide bonds. The van der Waals surface area contributed by atoms with E-state index in [4.69, 9.17) is 21.6 Å². The summed E-state index contributed by atoms with van der Waals surface area (Å²) in [5, 5.41) is 20.0. The van der Waals surface area contributed by atoms with Gasteiger partial charge in [-0.1, -0.05) is 35.9 Å². The Labute approximate surface area is 86.1 Å². The van der Waals surface area contributed by atoms with Gasteiger partial charge in [0.1, 0.15) is 5.15 Å². The van der Waals surface area contributed by atoms with Crippen molar-refractivity contribution >= 4 is 35.1 Å². The molecular formula is C9H7BClNO2. The Morgan fingerprint density at radius 2 is 1.93 bits per heavy atom. The van der Waals surface area contributed by atoms with Gasteiger partial charge in [0.2, 0.25) is 0 Å². The standard InChI is InChI=1S/C9H7BClNO2/c11-8-5-6-3-1-2-4-7(6)9(12-8)10(13)14/h1-5,13-14H. The lowest BCUT2D eigenvalue weighted by Gasteiger charge is -2.04. The van der Waals surface area contributed by atoms with Gasteiger partial charge in [0.25, 0.3) is 0 Å². The van der Waals surface area contributed by atoms with E-state index in [9.17, 15) is 0 Å². The van der Waals surface area contributed by atoms with Crippen LogP contribution in [0.5, 0.6) is 0 Å². The molecule has 0 spiro atoms. The van der Waals surface area contributed by atoms with Crippen LogP contribution in [-0.4, -0.2) is 22.2 Å². The van der Waals surface area contributed by atoms with Gasteiger partial charge in [-0.05, 0) is 16.8 Å². The predicted octanol–water partition coefficient (Wildman–Crippen LogP) is 0.568. The lowest BCUT2D eigenvalue weighted by molar-refractivity contribution is 0.425. The highest BCUT2D eigenvalue weighted by Crippen LogP contribution is 2.14. The quantitative estimate of drug-likeness (QED) is 0.531. The zero-order valence-corrected chi connectivity index (χ0v) is 7.94. The van der Waals surface area contributed by atoms with Crippen molar-refractivity contribution < 1.29 is 10.0 Å². The van der Waals surface area contributed by atoms with E-state index < -0.39 is 7.12 Å². The first kappa shape index (κ1) is 9.46. The minimum absolute atomic E-state index is 0.188. The fourth-order valence-electron chi connectivity index (χ4n) is 1.39. The predicted molar refractivity (Wildman–Crippen MR) is 56.6 cm³/mol. The van der Waals surface area contributed by atoms with Crippen LogP contribution in [0, 0.1) is 0 Å². The van der Waals surface area contributed by atoms with Crippen molar-refractivity contribution in [1.29, 1.82) is 0 Å². The van der Waals surface area contributed by atoms with Crippen molar-refractivity contribution in [2.75, 3.05) is 0 Å². The summed E-state index contributed by atoms with van der Waals surface area (Å²) in [6, 6.07) is 8.96. The number of aromatic nitrogens is 1. The average molecular weight is 207 g/mol. The van der Waals surface area contributed by atoms with E-state index in [0.717, 1.165) is 5.39 Å². The number of pyridine rings is 1. The molecule has 0 unspecified atom stereocenters. The first-order valence-corrected chi connectivity index (χ1v) is 4.47. The molecule has 70 valence electrons. The van der Waals surface area contributed by atoms with Crippen LogP contribution in [0.25, 0.3) is 10.8 Å². The van der Waals surface area contributed by atoms with Crippen LogP contribution < -0.4 is 5.59 Å². The van der Waals surface area contributed by atoms with Crippen LogP contribution >= 0.6 is 11.6 Å². The van der Waals surface area contributed by atoms with Crippen LogP contribution in [-0.2, 0) is 0 Å². The van der Waals surface area contributed by atoms with Gasteiger partial charge < -0.3 is 10.0 Å². The lowest BCUT2D eigenvalue weighted by atomic mass is 9.82. The maximum absolute atomic E-state index is 9.08. The summed E-state index contributed by atoms with van der Waals surface area (Å²) in [5.74, 6) is 0. The van der Waals surface area contributed by atoms with Gasteiger partial charge in [-0.2, -0.15) is 0 Å². The second-order valence-corrected chi connectivity index (χ2v) is 3.31. The Morgan fingerprint density at radius 3 is 2.64 bits per heavy atom. The highest BCUT2D eigenvalue weighted by atomic mass is 35.5. The van der Waals surface area contributed by atoms with Gasteiger partial charge in [0.05, 0.1) is 5.59 Å². The summed E-state index contributed by atoms with van der Waals surface area (Å²) >= 11 is 5.73. The third kappa shape index (κ3) is 1.59. The molecular weight excluding hydrogens is 200 g/mol. The Bertz CT molecular complexity index is 475. The van der Waals surface area contributed by atoms with E-state index in [1.165, 1.54) is 0 Å². The molecule has 5 heteroatoms. The number of nitrogens with zero attached hydrogens (tertiary/aromatic N) is 1. The van der Waals surface area contributed by atoms with Crippen molar-refractivity contribution in [2.45, 2.75) is 0 Å². The van der Waals surface area contributed by atoms with Crippen molar-refractivity contribution in [3.05, 3.63) is 35.5 Å². The van der Waals surface area contributed by atoms with E-state index in [0.29, 0.717) is 5.39 Å². The topological polar surface area (TPSA) is 53.4 Å². The van der Waals surface area contributed by atoms with Crippen LogP contribution in [0.15, 0.2) is 30.3 Å². The number of fused-ring (bicyclic) bond motifs is 1. The van der Waals surface area contributed by atoms with Gasteiger partial charge in [-0.3, -0.25) is 0 Å². The van der Waals surface area contributed by atoms with Crippen molar-refractivity contribution in [2.24, 2.45) is 0 Å². The molecule has 0 aliphatic rings. The Kier molecular flexibility index (Phi) is 2.41. The molecule has 2 N–H and O–H groups in total.